The van der Waals surface area contributed by atoms with Crippen LogP contribution in [0.15, 0.2) is 30.6 Å². The van der Waals surface area contributed by atoms with E-state index in [9.17, 15) is 10.1 Å². The van der Waals surface area contributed by atoms with E-state index in [1.54, 1.807) is 18.5 Å². The van der Waals surface area contributed by atoms with Gasteiger partial charge in [0.15, 0.2) is 0 Å². The fourth-order valence-electron chi connectivity index (χ4n) is 2.74. The molecule has 1 aromatic heterocycles. The number of anilines is 1. The van der Waals surface area contributed by atoms with Crippen molar-refractivity contribution < 1.29 is 9.66 Å². The van der Waals surface area contributed by atoms with Crippen LogP contribution in [0, 0.1) is 10.1 Å². The number of benzene rings is 1. The van der Waals surface area contributed by atoms with Crippen molar-refractivity contribution in [2.24, 2.45) is 0 Å². The Labute approximate surface area is 122 Å². The molecule has 1 aliphatic rings. The molecule has 1 fully saturated rings. The number of hydrogen-bond acceptors (Lipinski definition) is 5. The zero-order chi connectivity index (χ0) is 14.8. The van der Waals surface area contributed by atoms with Gasteiger partial charge in [0, 0.05) is 42.2 Å². The van der Waals surface area contributed by atoms with Crippen LogP contribution in [0.4, 0.5) is 11.4 Å². The summed E-state index contributed by atoms with van der Waals surface area (Å²) in [6.45, 7) is 2.74. The monoisotopic (exact) mass is 287 g/mol. The second kappa shape index (κ2) is 5.65. The molecule has 0 unspecified atom stereocenters. The third-order valence-electron chi connectivity index (χ3n) is 3.85. The van der Waals surface area contributed by atoms with E-state index in [2.05, 4.69) is 10.3 Å². The van der Waals surface area contributed by atoms with Gasteiger partial charge in [-0.3, -0.25) is 15.1 Å². The number of rotatable bonds is 5. The molecule has 1 N–H and O–H groups in total. The minimum Gasteiger partial charge on any atom is -0.382 e. The van der Waals surface area contributed by atoms with E-state index in [-0.39, 0.29) is 10.6 Å². The molecule has 21 heavy (non-hydrogen) atoms. The van der Waals surface area contributed by atoms with Gasteiger partial charge in [-0.15, -0.1) is 0 Å². The van der Waals surface area contributed by atoms with Gasteiger partial charge in [-0.25, -0.2) is 0 Å². The number of nitrogens with zero attached hydrogens (tertiary/aromatic N) is 2. The maximum Gasteiger partial charge on any atom is 0.278 e. The topological polar surface area (TPSA) is 77.3 Å². The van der Waals surface area contributed by atoms with Crippen molar-refractivity contribution in [2.75, 3.05) is 11.9 Å². The van der Waals surface area contributed by atoms with Gasteiger partial charge in [-0.2, -0.15) is 0 Å². The Bertz CT molecular complexity index is 668. The SMILES string of the molecule is CCOC1CC(Nc2ccc([N+](=O)[O-])c3cnccc23)C1. The van der Waals surface area contributed by atoms with Crippen molar-refractivity contribution in [2.45, 2.75) is 31.9 Å². The molecule has 1 aliphatic carbocycles. The van der Waals surface area contributed by atoms with Crippen molar-refractivity contribution in [3.05, 3.63) is 40.7 Å². The zero-order valence-corrected chi connectivity index (χ0v) is 11.8. The van der Waals surface area contributed by atoms with Gasteiger partial charge in [0.25, 0.3) is 5.69 Å². The summed E-state index contributed by atoms with van der Waals surface area (Å²) in [5, 5.41) is 15.9. The van der Waals surface area contributed by atoms with Crippen LogP contribution in [0.5, 0.6) is 0 Å². The summed E-state index contributed by atoms with van der Waals surface area (Å²) in [6, 6.07) is 5.47. The van der Waals surface area contributed by atoms with E-state index in [0.29, 0.717) is 17.5 Å². The summed E-state index contributed by atoms with van der Waals surface area (Å²) in [5.74, 6) is 0. The average Bonchev–Trinajstić information content (AvgIpc) is 2.45. The number of ether oxygens (including phenoxy) is 1. The van der Waals surface area contributed by atoms with Crippen molar-refractivity contribution in [1.82, 2.24) is 4.98 Å². The fraction of sp³-hybridized carbons (Fsp3) is 0.400. The first kappa shape index (κ1) is 13.8. The number of aromatic nitrogens is 1. The predicted octanol–water partition coefficient (Wildman–Crippen LogP) is 3.12. The second-order valence-corrected chi connectivity index (χ2v) is 5.20. The van der Waals surface area contributed by atoms with Gasteiger partial charge >= 0.3 is 0 Å². The van der Waals surface area contributed by atoms with E-state index in [1.807, 2.05) is 13.0 Å². The summed E-state index contributed by atoms with van der Waals surface area (Å²) in [6.07, 6.45) is 5.47. The third-order valence-corrected chi connectivity index (χ3v) is 3.85. The first-order chi connectivity index (χ1) is 10.2. The summed E-state index contributed by atoms with van der Waals surface area (Å²) in [7, 11) is 0. The lowest BCUT2D eigenvalue weighted by molar-refractivity contribution is -0.383. The summed E-state index contributed by atoms with van der Waals surface area (Å²) in [5.41, 5.74) is 1.00. The Morgan fingerprint density at radius 1 is 1.38 bits per heavy atom. The Hall–Kier alpha value is -2.21. The number of nitrogens with one attached hydrogen (secondary N) is 1. The lowest BCUT2D eigenvalue weighted by atomic mass is 9.89. The van der Waals surface area contributed by atoms with Crippen molar-refractivity contribution in [3.8, 4) is 0 Å². The molecule has 0 bridgehead atoms. The molecule has 0 spiro atoms. The molecule has 1 heterocycles. The molecule has 1 saturated carbocycles. The minimum absolute atomic E-state index is 0.0875. The van der Waals surface area contributed by atoms with Crippen LogP contribution < -0.4 is 5.32 Å². The normalized spacial score (nSPS) is 21.0. The van der Waals surface area contributed by atoms with Crippen molar-refractivity contribution in [3.63, 3.8) is 0 Å². The van der Waals surface area contributed by atoms with Gasteiger partial charge < -0.3 is 10.1 Å². The van der Waals surface area contributed by atoms with Gasteiger partial charge in [0.2, 0.25) is 0 Å². The first-order valence-corrected chi connectivity index (χ1v) is 7.08. The van der Waals surface area contributed by atoms with Crippen LogP contribution in [-0.2, 0) is 4.74 Å². The third kappa shape index (κ3) is 2.67. The van der Waals surface area contributed by atoms with Crippen LogP contribution in [0.3, 0.4) is 0 Å². The molecule has 0 saturated heterocycles. The Balaban J connectivity index is 1.84. The zero-order valence-electron chi connectivity index (χ0n) is 11.8. The lowest BCUT2D eigenvalue weighted by Gasteiger charge is -2.36. The predicted molar refractivity (Wildman–Crippen MR) is 80.5 cm³/mol. The Kier molecular flexibility index (Phi) is 3.70. The standard InChI is InChI=1S/C15H17N3O3/c1-2-21-11-7-10(8-11)17-14-3-4-15(18(19)20)13-9-16-6-5-12(13)14/h3-6,9-11,17H,2,7-8H2,1H3. The molecular weight excluding hydrogens is 270 g/mol. The van der Waals surface area contributed by atoms with E-state index in [1.165, 1.54) is 6.07 Å². The minimum atomic E-state index is -0.373. The number of pyridine rings is 1. The van der Waals surface area contributed by atoms with Gasteiger partial charge in [0.1, 0.15) is 0 Å². The highest BCUT2D eigenvalue weighted by Crippen LogP contribution is 2.33. The fourth-order valence-corrected chi connectivity index (χ4v) is 2.74. The van der Waals surface area contributed by atoms with Gasteiger partial charge in [-0.1, -0.05) is 0 Å². The highest BCUT2D eigenvalue weighted by molar-refractivity contribution is 5.99. The molecule has 0 radical (unpaired) electrons. The maximum absolute atomic E-state index is 11.1. The molecule has 1 aromatic carbocycles. The second-order valence-electron chi connectivity index (χ2n) is 5.20. The maximum atomic E-state index is 11.1. The average molecular weight is 287 g/mol. The molecule has 2 aromatic rings. The first-order valence-electron chi connectivity index (χ1n) is 7.08. The van der Waals surface area contributed by atoms with E-state index >= 15 is 0 Å². The Morgan fingerprint density at radius 2 is 2.19 bits per heavy atom. The molecule has 3 rings (SSSR count). The van der Waals surface area contributed by atoms with Crippen LogP contribution >= 0.6 is 0 Å². The quantitative estimate of drug-likeness (QED) is 0.675. The molecule has 6 nitrogen and oxygen atoms in total. The molecule has 0 amide bonds. The van der Waals surface area contributed by atoms with E-state index in [0.717, 1.165) is 30.5 Å². The molecule has 0 atom stereocenters. The highest BCUT2D eigenvalue weighted by Gasteiger charge is 2.30. The van der Waals surface area contributed by atoms with Gasteiger partial charge in [0.05, 0.1) is 16.4 Å². The number of nitro groups is 1. The number of nitro benzene ring substituents is 1. The van der Waals surface area contributed by atoms with Crippen molar-refractivity contribution in [1.29, 1.82) is 0 Å². The van der Waals surface area contributed by atoms with Crippen LogP contribution in [0.25, 0.3) is 10.8 Å². The number of hydrogen-bond donors (Lipinski definition) is 1. The molecule has 0 aliphatic heterocycles. The Morgan fingerprint density at radius 3 is 2.90 bits per heavy atom. The van der Waals surface area contributed by atoms with Crippen LogP contribution in [0.2, 0.25) is 0 Å². The van der Waals surface area contributed by atoms with E-state index in [4.69, 9.17) is 4.74 Å². The van der Waals surface area contributed by atoms with Crippen LogP contribution in [-0.4, -0.2) is 28.7 Å². The lowest BCUT2D eigenvalue weighted by Crippen LogP contribution is -2.40. The summed E-state index contributed by atoms with van der Waals surface area (Å²) >= 11 is 0. The number of non-ortho nitro benzene ring substituents is 1. The summed E-state index contributed by atoms with van der Waals surface area (Å²) in [4.78, 5) is 14.7. The van der Waals surface area contributed by atoms with E-state index < -0.39 is 0 Å². The van der Waals surface area contributed by atoms with Gasteiger partial charge in [-0.05, 0) is 31.9 Å². The number of fused-ring (bicyclic) bond motifs is 1. The molecule has 6 heteroatoms. The highest BCUT2D eigenvalue weighted by atomic mass is 16.6. The molecular formula is C15H17N3O3. The van der Waals surface area contributed by atoms with Crippen LogP contribution in [0.1, 0.15) is 19.8 Å². The largest absolute Gasteiger partial charge is 0.382 e. The van der Waals surface area contributed by atoms with Crippen molar-refractivity contribution >= 4 is 22.1 Å². The smallest absolute Gasteiger partial charge is 0.278 e. The summed E-state index contributed by atoms with van der Waals surface area (Å²) < 4.78 is 5.54. The molecule has 110 valence electrons.